The highest BCUT2D eigenvalue weighted by atomic mass is 32.2. The van der Waals surface area contributed by atoms with Crippen molar-refractivity contribution >= 4 is 21.6 Å². The maximum atomic E-state index is 12.8. The first kappa shape index (κ1) is 23.2. The summed E-state index contributed by atoms with van der Waals surface area (Å²) < 4.78 is 27.2. The molecule has 6 nitrogen and oxygen atoms in total. The van der Waals surface area contributed by atoms with Gasteiger partial charge in [0.05, 0.1) is 10.5 Å². The first-order valence-electron chi connectivity index (χ1n) is 13.0. The van der Waals surface area contributed by atoms with E-state index in [-0.39, 0.29) is 16.2 Å². The van der Waals surface area contributed by atoms with Crippen LogP contribution in [0.15, 0.2) is 53.4 Å². The number of aliphatic hydroxyl groups is 1. The van der Waals surface area contributed by atoms with Gasteiger partial charge in [-0.15, -0.1) is 0 Å². The fraction of sp³-hybridized carbons (Fsp3) is 0.536. The van der Waals surface area contributed by atoms with Crippen LogP contribution in [0.25, 0.3) is 0 Å². The molecule has 1 aliphatic heterocycles. The fourth-order valence-corrected chi connectivity index (χ4v) is 9.21. The number of nitrogens with zero attached hydrogens (tertiary/aromatic N) is 1. The summed E-state index contributed by atoms with van der Waals surface area (Å²) in [5.74, 6) is 0.994. The lowest BCUT2D eigenvalue weighted by Gasteiger charge is -2.60. The van der Waals surface area contributed by atoms with E-state index in [1.807, 2.05) is 12.1 Å². The quantitative estimate of drug-likeness (QED) is 0.631. The van der Waals surface area contributed by atoms with Crippen LogP contribution in [0.5, 0.6) is 0 Å². The van der Waals surface area contributed by atoms with E-state index in [0.29, 0.717) is 36.2 Å². The van der Waals surface area contributed by atoms with Gasteiger partial charge in [0.15, 0.2) is 0 Å². The predicted molar refractivity (Wildman–Crippen MR) is 135 cm³/mol. The molecule has 1 saturated heterocycles. The summed E-state index contributed by atoms with van der Waals surface area (Å²) in [5, 5.41) is 14.0. The Hall–Kier alpha value is -2.22. The molecule has 2 atom stereocenters. The third kappa shape index (κ3) is 4.21. The Morgan fingerprint density at radius 3 is 2.11 bits per heavy atom. The van der Waals surface area contributed by atoms with Crippen molar-refractivity contribution in [2.45, 2.75) is 73.7 Å². The molecule has 1 amide bonds. The van der Waals surface area contributed by atoms with Gasteiger partial charge >= 0.3 is 0 Å². The van der Waals surface area contributed by atoms with E-state index in [1.54, 1.807) is 12.1 Å². The molecule has 4 bridgehead atoms. The van der Waals surface area contributed by atoms with Gasteiger partial charge in [-0.2, -0.15) is 4.31 Å². The minimum atomic E-state index is -3.51. The molecule has 5 aliphatic rings. The molecule has 186 valence electrons. The predicted octanol–water partition coefficient (Wildman–Crippen LogP) is 4.70. The zero-order chi connectivity index (χ0) is 24.3. The zero-order valence-corrected chi connectivity index (χ0v) is 20.9. The van der Waals surface area contributed by atoms with E-state index < -0.39 is 15.6 Å². The Morgan fingerprint density at radius 1 is 0.886 bits per heavy atom. The SMILES string of the molecule is O=C(Nc1ccc(C23CC4CC(CC(O)(C4)C2)C3)cc1)c1ccc(S(=O)(=O)N2CCCCC2)cc1. The number of hydrogen-bond donors (Lipinski definition) is 2. The van der Waals surface area contributed by atoms with Crippen molar-refractivity contribution in [2.75, 3.05) is 18.4 Å². The summed E-state index contributed by atoms with van der Waals surface area (Å²) in [5.41, 5.74) is 1.99. The van der Waals surface area contributed by atoms with Gasteiger partial charge < -0.3 is 10.4 Å². The van der Waals surface area contributed by atoms with Gasteiger partial charge in [-0.25, -0.2) is 8.42 Å². The molecule has 2 aromatic rings. The molecule has 5 fully saturated rings. The number of piperidine rings is 1. The number of amides is 1. The number of sulfonamides is 1. The number of anilines is 1. The van der Waals surface area contributed by atoms with Crippen molar-refractivity contribution in [1.29, 1.82) is 0 Å². The van der Waals surface area contributed by atoms with Crippen molar-refractivity contribution in [3.05, 3.63) is 59.7 Å². The van der Waals surface area contributed by atoms with Gasteiger partial charge in [-0.05, 0) is 111 Å². The van der Waals surface area contributed by atoms with Crippen molar-refractivity contribution < 1.29 is 18.3 Å². The van der Waals surface area contributed by atoms with E-state index in [9.17, 15) is 18.3 Å². The summed E-state index contributed by atoms with van der Waals surface area (Å²) in [6.07, 6.45) is 9.19. The summed E-state index contributed by atoms with van der Waals surface area (Å²) in [4.78, 5) is 13.1. The molecule has 0 aromatic heterocycles. The lowest BCUT2D eigenvalue weighted by molar-refractivity contribution is -0.136. The van der Waals surface area contributed by atoms with Gasteiger partial charge in [0.25, 0.3) is 5.91 Å². The summed E-state index contributed by atoms with van der Waals surface area (Å²) >= 11 is 0. The van der Waals surface area contributed by atoms with Crippen LogP contribution >= 0.6 is 0 Å². The maximum Gasteiger partial charge on any atom is 0.255 e. The van der Waals surface area contributed by atoms with Crippen LogP contribution in [-0.2, 0) is 15.4 Å². The number of carbonyl (C=O) groups is 1. The van der Waals surface area contributed by atoms with Crippen LogP contribution in [0.3, 0.4) is 0 Å². The average molecular weight is 495 g/mol. The molecule has 1 heterocycles. The van der Waals surface area contributed by atoms with Gasteiger partial charge in [-0.3, -0.25) is 4.79 Å². The third-order valence-electron chi connectivity index (χ3n) is 8.85. The topological polar surface area (TPSA) is 86.7 Å². The van der Waals surface area contributed by atoms with Crippen molar-refractivity contribution in [3.8, 4) is 0 Å². The molecule has 2 N–H and O–H groups in total. The molecule has 7 heteroatoms. The average Bonchev–Trinajstić information content (AvgIpc) is 2.83. The second-order valence-electron chi connectivity index (χ2n) is 11.5. The number of hydrogen-bond acceptors (Lipinski definition) is 4. The third-order valence-corrected chi connectivity index (χ3v) is 10.8. The second kappa shape index (κ2) is 8.43. The number of carbonyl (C=O) groups excluding carboxylic acids is 1. The lowest BCUT2D eigenvalue weighted by atomic mass is 9.46. The Labute approximate surface area is 207 Å². The second-order valence-corrected chi connectivity index (χ2v) is 13.4. The van der Waals surface area contributed by atoms with Gasteiger partial charge in [-0.1, -0.05) is 18.6 Å². The smallest absolute Gasteiger partial charge is 0.255 e. The minimum Gasteiger partial charge on any atom is -0.390 e. The van der Waals surface area contributed by atoms with E-state index in [4.69, 9.17) is 0 Å². The van der Waals surface area contributed by atoms with Crippen molar-refractivity contribution in [3.63, 3.8) is 0 Å². The van der Waals surface area contributed by atoms with Gasteiger partial charge in [0.1, 0.15) is 0 Å². The standard InChI is InChI=1S/C28H34N2O4S/c31-26(22-4-10-25(11-5-22)35(33,34)30-12-2-1-3-13-30)29-24-8-6-23(7-9-24)27-15-20-14-21(16-27)18-28(32,17-20)19-27/h4-11,20-21,32H,1-3,12-19H2,(H,29,31). The molecule has 0 radical (unpaired) electrons. The first-order chi connectivity index (χ1) is 16.7. The van der Waals surface area contributed by atoms with E-state index in [1.165, 1.54) is 28.4 Å². The highest BCUT2D eigenvalue weighted by Crippen LogP contribution is 2.62. The van der Waals surface area contributed by atoms with Crippen LogP contribution in [0.1, 0.15) is 73.7 Å². The highest BCUT2D eigenvalue weighted by Gasteiger charge is 2.57. The lowest BCUT2D eigenvalue weighted by Crippen LogP contribution is -2.57. The first-order valence-corrected chi connectivity index (χ1v) is 14.4. The molecule has 7 rings (SSSR count). The largest absolute Gasteiger partial charge is 0.390 e. The zero-order valence-electron chi connectivity index (χ0n) is 20.1. The van der Waals surface area contributed by atoms with Crippen molar-refractivity contribution in [2.24, 2.45) is 11.8 Å². The summed E-state index contributed by atoms with van der Waals surface area (Å²) in [7, 11) is -3.51. The molecule has 2 unspecified atom stereocenters. The minimum absolute atomic E-state index is 0.0665. The molecular formula is C28H34N2O4S. The Morgan fingerprint density at radius 2 is 1.51 bits per heavy atom. The number of rotatable bonds is 5. The van der Waals surface area contributed by atoms with Crippen LogP contribution in [0, 0.1) is 11.8 Å². The van der Waals surface area contributed by atoms with Crippen molar-refractivity contribution in [1.82, 2.24) is 4.31 Å². The molecule has 2 aromatic carbocycles. The van der Waals surface area contributed by atoms with Gasteiger partial charge in [0.2, 0.25) is 10.0 Å². The molecular weight excluding hydrogens is 460 g/mol. The normalized spacial score (nSPS) is 32.5. The van der Waals surface area contributed by atoms with E-state index >= 15 is 0 Å². The fourth-order valence-electron chi connectivity index (χ4n) is 7.69. The highest BCUT2D eigenvalue weighted by molar-refractivity contribution is 7.89. The molecule has 4 aliphatic carbocycles. The monoisotopic (exact) mass is 494 g/mol. The maximum absolute atomic E-state index is 12.8. The van der Waals surface area contributed by atoms with Crippen LogP contribution in [-0.4, -0.2) is 42.4 Å². The molecule has 4 saturated carbocycles. The van der Waals surface area contributed by atoms with Crippen LogP contribution < -0.4 is 5.32 Å². The summed E-state index contributed by atoms with van der Waals surface area (Å²) in [6, 6.07) is 14.3. The van der Waals surface area contributed by atoms with E-state index in [0.717, 1.165) is 51.4 Å². The van der Waals surface area contributed by atoms with Crippen LogP contribution in [0.2, 0.25) is 0 Å². The van der Waals surface area contributed by atoms with Gasteiger partial charge in [0, 0.05) is 24.3 Å². The van der Waals surface area contributed by atoms with E-state index in [2.05, 4.69) is 17.4 Å². The summed E-state index contributed by atoms with van der Waals surface area (Å²) in [6.45, 7) is 1.12. The Balaban J connectivity index is 1.14. The Kier molecular flexibility index (Phi) is 5.58. The molecule has 0 spiro atoms. The molecule has 35 heavy (non-hydrogen) atoms. The Bertz CT molecular complexity index is 1200. The number of benzene rings is 2. The number of nitrogens with one attached hydrogen (secondary N) is 1. The van der Waals surface area contributed by atoms with Crippen LogP contribution in [0.4, 0.5) is 5.69 Å².